The Bertz CT molecular complexity index is 481. The minimum atomic E-state index is -0.777. The van der Waals surface area contributed by atoms with Gasteiger partial charge in [0.15, 0.2) is 0 Å². The second-order valence-electron chi connectivity index (χ2n) is 5.43. The van der Waals surface area contributed by atoms with Crippen molar-refractivity contribution in [1.29, 1.82) is 0 Å². The van der Waals surface area contributed by atoms with Gasteiger partial charge >= 0.3 is 6.09 Å². The van der Waals surface area contributed by atoms with Crippen LogP contribution in [0.3, 0.4) is 0 Å². The Kier molecular flexibility index (Phi) is 4.27. The molecule has 1 saturated carbocycles. The Balaban J connectivity index is 2.04. The maximum absolute atomic E-state index is 11.8. The monoisotopic (exact) mass is 276 g/mol. The van der Waals surface area contributed by atoms with Gasteiger partial charge in [0, 0.05) is 25.9 Å². The fourth-order valence-corrected chi connectivity index (χ4v) is 2.68. The first-order valence-corrected chi connectivity index (χ1v) is 6.71. The highest BCUT2D eigenvalue weighted by Crippen LogP contribution is 2.44. The molecule has 0 heterocycles. The van der Waals surface area contributed by atoms with Gasteiger partial charge in [-0.05, 0) is 18.4 Å². The molecule has 20 heavy (non-hydrogen) atoms. The van der Waals surface area contributed by atoms with Gasteiger partial charge in [-0.1, -0.05) is 30.3 Å². The van der Waals surface area contributed by atoms with Gasteiger partial charge in [-0.3, -0.25) is 4.79 Å². The van der Waals surface area contributed by atoms with E-state index in [4.69, 9.17) is 10.5 Å². The first kappa shape index (κ1) is 14.4. The van der Waals surface area contributed by atoms with Gasteiger partial charge in [0.2, 0.25) is 5.91 Å². The number of benzene rings is 1. The number of hydrogen-bond acceptors (Lipinski definition) is 3. The van der Waals surface area contributed by atoms with E-state index >= 15 is 0 Å². The van der Waals surface area contributed by atoms with Crippen molar-refractivity contribution >= 4 is 12.0 Å². The van der Waals surface area contributed by atoms with Gasteiger partial charge in [-0.2, -0.15) is 0 Å². The maximum Gasteiger partial charge on any atom is 0.405 e. The third-order valence-corrected chi connectivity index (χ3v) is 3.76. The van der Waals surface area contributed by atoms with Gasteiger partial charge in [-0.25, -0.2) is 4.79 Å². The van der Waals surface area contributed by atoms with Gasteiger partial charge < -0.3 is 15.4 Å². The van der Waals surface area contributed by atoms with Gasteiger partial charge in [-0.15, -0.1) is 0 Å². The van der Waals surface area contributed by atoms with E-state index in [9.17, 15) is 9.59 Å². The molecule has 5 nitrogen and oxygen atoms in total. The van der Waals surface area contributed by atoms with E-state index in [-0.39, 0.29) is 23.8 Å². The van der Waals surface area contributed by atoms with E-state index in [2.05, 4.69) is 0 Å². The zero-order chi connectivity index (χ0) is 14.7. The number of amides is 2. The number of carbonyl (C=O) groups excluding carboxylic acids is 2. The SMILES string of the molecule is CN(C)C(=O)C1CC(C(OC(N)=O)c2ccccc2)C1. The molecule has 1 atom stereocenters. The number of carbonyl (C=O) groups is 2. The quantitative estimate of drug-likeness (QED) is 0.913. The number of ether oxygens (including phenoxy) is 1. The Morgan fingerprint density at radius 2 is 1.85 bits per heavy atom. The number of rotatable bonds is 4. The van der Waals surface area contributed by atoms with Crippen molar-refractivity contribution in [1.82, 2.24) is 4.90 Å². The van der Waals surface area contributed by atoms with Crippen molar-refractivity contribution in [3.05, 3.63) is 35.9 Å². The van der Waals surface area contributed by atoms with E-state index in [0.29, 0.717) is 0 Å². The predicted molar refractivity (Wildman–Crippen MR) is 74.8 cm³/mol. The van der Waals surface area contributed by atoms with Crippen LogP contribution in [-0.2, 0) is 9.53 Å². The molecule has 0 aliphatic heterocycles. The molecule has 108 valence electrons. The number of hydrogen-bond donors (Lipinski definition) is 1. The molecule has 5 heteroatoms. The summed E-state index contributed by atoms with van der Waals surface area (Å²) in [6, 6.07) is 9.52. The van der Waals surface area contributed by atoms with Crippen molar-refractivity contribution in [3.8, 4) is 0 Å². The summed E-state index contributed by atoms with van der Waals surface area (Å²) in [6.07, 6.45) is 0.314. The minimum Gasteiger partial charge on any atom is -0.441 e. The molecule has 1 aromatic carbocycles. The summed E-state index contributed by atoms with van der Waals surface area (Å²) in [6.45, 7) is 0. The fraction of sp³-hybridized carbons (Fsp3) is 0.467. The normalized spacial score (nSPS) is 22.5. The zero-order valence-corrected chi connectivity index (χ0v) is 11.8. The lowest BCUT2D eigenvalue weighted by Gasteiger charge is -2.39. The number of nitrogens with two attached hydrogens (primary N) is 1. The van der Waals surface area contributed by atoms with Crippen LogP contribution in [0.2, 0.25) is 0 Å². The van der Waals surface area contributed by atoms with E-state index in [1.807, 2.05) is 30.3 Å². The highest BCUT2D eigenvalue weighted by molar-refractivity contribution is 5.79. The molecule has 2 rings (SSSR count). The molecule has 0 aromatic heterocycles. The second kappa shape index (κ2) is 5.94. The Labute approximate surface area is 118 Å². The average molecular weight is 276 g/mol. The molecule has 1 fully saturated rings. The maximum atomic E-state index is 11.8. The topological polar surface area (TPSA) is 72.6 Å². The molecule has 1 aliphatic carbocycles. The van der Waals surface area contributed by atoms with Crippen LogP contribution in [0.1, 0.15) is 24.5 Å². The molecule has 1 unspecified atom stereocenters. The first-order chi connectivity index (χ1) is 9.49. The molecule has 2 amide bonds. The van der Waals surface area contributed by atoms with Crippen LogP contribution in [0.25, 0.3) is 0 Å². The molecular weight excluding hydrogens is 256 g/mol. The first-order valence-electron chi connectivity index (χ1n) is 6.71. The van der Waals surface area contributed by atoms with E-state index in [0.717, 1.165) is 18.4 Å². The lowest BCUT2D eigenvalue weighted by atomic mass is 9.70. The van der Waals surface area contributed by atoms with E-state index in [1.54, 1.807) is 19.0 Å². The number of primary amides is 1. The second-order valence-corrected chi connectivity index (χ2v) is 5.43. The Hall–Kier alpha value is -2.04. The van der Waals surface area contributed by atoms with Crippen molar-refractivity contribution in [2.45, 2.75) is 18.9 Å². The molecule has 0 saturated heterocycles. The summed E-state index contributed by atoms with van der Waals surface area (Å²) in [5.74, 6) is 0.309. The molecule has 0 bridgehead atoms. The van der Waals surface area contributed by atoms with Crippen LogP contribution in [0, 0.1) is 11.8 Å². The molecular formula is C15H20N2O3. The third-order valence-electron chi connectivity index (χ3n) is 3.76. The lowest BCUT2D eigenvalue weighted by Crippen LogP contribution is -2.41. The summed E-state index contributed by atoms with van der Waals surface area (Å²) in [5.41, 5.74) is 6.08. The van der Waals surface area contributed by atoms with Gasteiger partial charge in [0.1, 0.15) is 6.10 Å². The van der Waals surface area contributed by atoms with Crippen LogP contribution in [0.5, 0.6) is 0 Å². The van der Waals surface area contributed by atoms with Crippen molar-refractivity contribution in [3.63, 3.8) is 0 Å². The van der Waals surface area contributed by atoms with Crippen LogP contribution >= 0.6 is 0 Å². The Morgan fingerprint density at radius 3 is 2.35 bits per heavy atom. The smallest absolute Gasteiger partial charge is 0.405 e. The van der Waals surface area contributed by atoms with Crippen molar-refractivity contribution in [2.24, 2.45) is 17.6 Å². The van der Waals surface area contributed by atoms with Gasteiger partial charge in [0.25, 0.3) is 0 Å². The van der Waals surface area contributed by atoms with Crippen molar-refractivity contribution < 1.29 is 14.3 Å². The standard InChI is InChI=1S/C15H20N2O3/c1-17(2)14(18)12-8-11(9-12)13(20-15(16)19)10-6-4-3-5-7-10/h3-7,11-13H,8-9H2,1-2H3,(H2,16,19). The van der Waals surface area contributed by atoms with E-state index < -0.39 is 6.09 Å². The van der Waals surface area contributed by atoms with Crippen LogP contribution in [0.15, 0.2) is 30.3 Å². The molecule has 0 spiro atoms. The largest absolute Gasteiger partial charge is 0.441 e. The number of nitrogens with zero attached hydrogens (tertiary/aromatic N) is 1. The van der Waals surface area contributed by atoms with Crippen molar-refractivity contribution in [2.75, 3.05) is 14.1 Å². The summed E-state index contributed by atoms with van der Waals surface area (Å²) in [5, 5.41) is 0. The van der Waals surface area contributed by atoms with Crippen LogP contribution in [-0.4, -0.2) is 31.0 Å². The predicted octanol–water partition coefficient (Wildman–Crippen LogP) is 1.94. The fourth-order valence-electron chi connectivity index (χ4n) is 2.68. The molecule has 1 aromatic rings. The van der Waals surface area contributed by atoms with E-state index in [1.165, 1.54) is 0 Å². The summed E-state index contributed by atoms with van der Waals surface area (Å²) < 4.78 is 5.24. The summed E-state index contributed by atoms with van der Waals surface area (Å²) >= 11 is 0. The van der Waals surface area contributed by atoms with Crippen LogP contribution < -0.4 is 5.73 Å². The molecule has 1 aliphatic rings. The summed E-state index contributed by atoms with van der Waals surface area (Å²) in [7, 11) is 3.51. The Morgan fingerprint density at radius 1 is 1.25 bits per heavy atom. The summed E-state index contributed by atoms with van der Waals surface area (Å²) in [4.78, 5) is 24.5. The zero-order valence-electron chi connectivity index (χ0n) is 11.8. The average Bonchev–Trinajstić information content (AvgIpc) is 2.36. The third kappa shape index (κ3) is 3.10. The van der Waals surface area contributed by atoms with Crippen LogP contribution in [0.4, 0.5) is 4.79 Å². The molecule has 2 N–H and O–H groups in total. The lowest BCUT2D eigenvalue weighted by molar-refractivity contribution is -0.139. The van der Waals surface area contributed by atoms with Gasteiger partial charge in [0.05, 0.1) is 0 Å². The highest BCUT2D eigenvalue weighted by atomic mass is 16.6. The highest BCUT2D eigenvalue weighted by Gasteiger charge is 2.41. The molecule has 0 radical (unpaired) electrons. The minimum absolute atomic E-state index is 0.0256.